The minimum Gasteiger partial charge on any atom is -0.303 e. The molecule has 0 heterocycles. The van der Waals surface area contributed by atoms with Gasteiger partial charge in [0.05, 0.1) is 0 Å². The highest BCUT2D eigenvalue weighted by atomic mass is 16.1. The van der Waals surface area contributed by atoms with Gasteiger partial charge in [-0.05, 0) is 12.8 Å². The van der Waals surface area contributed by atoms with Crippen LogP contribution in [-0.2, 0) is 4.79 Å². The summed E-state index contributed by atoms with van der Waals surface area (Å²) in [5.74, 6) is 0. The van der Waals surface area contributed by atoms with Crippen molar-refractivity contribution in [3.05, 3.63) is 24.8 Å². The van der Waals surface area contributed by atoms with Crippen LogP contribution in [0.2, 0.25) is 0 Å². The van der Waals surface area contributed by atoms with Crippen molar-refractivity contribution < 1.29 is 4.79 Å². The first-order valence-electron chi connectivity index (χ1n) is 3.05. The Kier molecular flexibility index (Phi) is 4.79. The summed E-state index contributed by atoms with van der Waals surface area (Å²) in [7, 11) is 0. The molecule has 1 heteroatoms. The van der Waals surface area contributed by atoms with Gasteiger partial charge in [0.1, 0.15) is 6.29 Å². The number of hydrogen-bond donors (Lipinski definition) is 0. The second-order valence-electron chi connectivity index (χ2n) is 1.92. The van der Waals surface area contributed by atoms with Gasteiger partial charge in [0.2, 0.25) is 0 Å². The molecule has 0 N–H and O–H groups in total. The van der Waals surface area contributed by atoms with Crippen molar-refractivity contribution >= 4 is 6.29 Å². The summed E-state index contributed by atoms with van der Waals surface area (Å²) >= 11 is 0. The third kappa shape index (κ3) is 5.01. The van der Waals surface area contributed by atoms with Crippen LogP contribution < -0.4 is 0 Å². The van der Waals surface area contributed by atoms with Gasteiger partial charge in [-0.25, -0.2) is 0 Å². The van der Waals surface area contributed by atoms with Gasteiger partial charge in [-0.2, -0.15) is 0 Å². The Morgan fingerprint density at radius 3 is 2.67 bits per heavy atom. The van der Waals surface area contributed by atoms with Crippen molar-refractivity contribution in [1.82, 2.24) is 0 Å². The summed E-state index contributed by atoms with van der Waals surface area (Å²) < 4.78 is 0. The second kappa shape index (κ2) is 5.29. The van der Waals surface area contributed by atoms with E-state index in [0.29, 0.717) is 6.42 Å². The molecular weight excluding hydrogens is 112 g/mol. The average molecular weight is 124 g/mol. The molecule has 0 saturated heterocycles. The molecule has 1 nitrogen and oxygen atoms in total. The van der Waals surface area contributed by atoms with Crippen molar-refractivity contribution in [3.63, 3.8) is 0 Å². The van der Waals surface area contributed by atoms with Crippen LogP contribution in [-0.4, -0.2) is 6.29 Å². The number of aldehydes is 1. The minimum absolute atomic E-state index is 0.632. The van der Waals surface area contributed by atoms with Gasteiger partial charge in [-0.3, -0.25) is 0 Å². The van der Waals surface area contributed by atoms with Gasteiger partial charge in [-0.1, -0.05) is 24.8 Å². The van der Waals surface area contributed by atoms with E-state index in [0.717, 1.165) is 24.7 Å². The number of carbonyl (C=O) groups is 1. The van der Waals surface area contributed by atoms with Crippen LogP contribution in [0.3, 0.4) is 0 Å². The van der Waals surface area contributed by atoms with Crippen LogP contribution in [0.4, 0.5) is 0 Å². The van der Waals surface area contributed by atoms with Crippen LogP contribution in [0.25, 0.3) is 0 Å². The molecule has 0 aliphatic rings. The minimum atomic E-state index is 0.632. The van der Waals surface area contributed by atoms with Gasteiger partial charge in [-0.15, -0.1) is 0 Å². The smallest absolute Gasteiger partial charge is 0.120 e. The van der Waals surface area contributed by atoms with Crippen molar-refractivity contribution in [2.75, 3.05) is 0 Å². The Labute approximate surface area is 56.1 Å². The lowest BCUT2D eigenvalue weighted by Crippen LogP contribution is -1.78. The molecule has 50 valence electrons. The second-order valence-corrected chi connectivity index (χ2v) is 1.92. The normalized spacial score (nSPS) is 8.44. The number of unbranched alkanes of at least 4 members (excludes halogenated alkanes) is 1. The Balaban J connectivity index is 3.16. The molecule has 9 heavy (non-hydrogen) atoms. The van der Waals surface area contributed by atoms with Crippen molar-refractivity contribution in [1.29, 1.82) is 0 Å². The molecule has 0 spiro atoms. The highest BCUT2D eigenvalue weighted by molar-refractivity contribution is 5.49. The van der Waals surface area contributed by atoms with E-state index in [2.05, 4.69) is 13.2 Å². The Morgan fingerprint density at radius 2 is 2.22 bits per heavy atom. The average Bonchev–Trinajstić information content (AvgIpc) is 1.89. The van der Waals surface area contributed by atoms with E-state index >= 15 is 0 Å². The summed E-state index contributed by atoms with van der Waals surface area (Å²) in [4.78, 5) is 9.82. The van der Waals surface area contributed by atoms with E-state index in [1.165, 1.54) is 0 Å². The predicted molar refractivity (Wildman–Crippen MR) is 39.3 cm³/mol. The third-order valence-electron chi connectivity index (χ3n) is 1.11. The maximum Gasteiger partial charge on any atom is 0.120 e. The standard InChI is InChI=1S/C8H12O/c1-3-8(2)6-4-5-7-9/h3,7H,1-2,4-6H2. The van der Waals surface area contributed by atoms with Crippen LogP contribution in [0.5, 0.6) is 0 Å². The summed E-state index contributed by atoms with van der Waals surface area (Å²) in [6, 6.07) is 0. The molecule has 0 aliphatic carbocycles. The van der Waals surface area contributed by atoms with Crippen molar-refractivity contribution in [2.24, 2.45) is 0 Å². The molecule has 0 rings (SSSR count). The zero-order valence-corrected chi connectivity index (χ0v) is 5.60. The predicted octanol–water partition coefficient (Wildman–Crippen LogP) is 2.10. The molecule has 0 atom stereocenters. The van der Waals surface area contributed by atoms with E-state index in [-0.39, 0.29) is 0 Å². The van der Waals surface area contributed by atoms with Gasteiger partial charge < -0.3 is 4.79 Å². The molecule has 0 saturated carbocycles. The topological polar surface area (TPSA) is 17.1 Å². The van der Waals surface area contributed by atoms with Gasteiger partial charge in [0.15, 0.2) is 0 Å². The van der Waals surface area contributed by atoms with Crippen LogP contribution in [0.15, 0.2) is 24.8 Å². The van der Waals surface area contributed by atoms with E-state index in [1.807, 2.05) is 0 Å². The fraction of sp³-hybridized carbons (Fsp3) is 0.375. The highest BCUT2D eigenvalue weighted by Gasteiger charge is 1.86. The quantitative estimate of drug-likeness (QED) is 0.311. The number of rotatable bonds is 5. The van der Waals surface area contributed by atoms with Crippen LogP contribution >= 0.6 is 0 Å². The molecule has 0 fully saturated rings. The SMILES string of the molecule is C=CC(=C)CCCC=O. The third-order valence-corrected chi connectivity index (χ3v) is 1.11. The van der Waals surface area contributed by atoms with Crippen molar-refractivity contribution in [2.45, 2.75) is 19.3 Å². The molecule has 0 amide bonds. The maximum absolute atomic E-state index is 9.82. The lowest BCUT2D eigenvalue weighted by molar-refractivity contribution is -0.107. The van der Waals surface area contributed by atoms with E-state index in [9.17, 15) is 4.79 Å². The van der Waals surface area contributed by atoms with Gasteiger partial charge in [0, 0.05) is 6.42 Å². The lowest BCUT2D eigenvalue weighted by Gasteiger charge is -1.93. The number of carbonyl (C=O) groups excluding carboxylic acids is 1. The number of hydrogen-bond acceptors (Lipinski definition) is 1. The maximum atomic E-state index is 9.82. The first-order chi connectivity index (χ1) is 4.31. The summed E-state index contributed by atoms with van der Waals surface area (Å²) in [5.41, 5.74) is 1.01. The molecule has 0 aromatic rings. The van der Waals surface area contributed by atoms with Crippen LogP contribution in [0, 0.1) is 0 Å². The fourth-order valence-corrected chi connectivity index (χ4v) is 0.515. The Hall–Kier alpha value is -0.850. The zero-order valence-electron chi connectivity index (χ0n) is 5.60. The lowest BCUT2D eigenvalue weighted by atomic mass is 10.1. The Bertz CT molecular complexity index is 114. The Morgan fingerprint density at radius 1 is 1.56 bits per heavy atom. The van der Waals surface area contributed by atoms with E-state index < -0.39 is 0 Å². The zero-order chi connectivity index (χ0) is 7.11. The highest BCUT2D eigenvalue weighted by Crippen LogP contribution is 2.03. The monoisotopic (exact) mass is 124 g/mol. The van der Waals surface area contributed by atoms with Gasteiger partial charge >= 0.3 is 0 Å². The van der Waals surface area contributed by atoms with Crippen molar-refractivity contribution in [3.8, 4) is 0 Å². The van der Waals surface area contributed by atoms with E-state index in [1.54, 1.807) is 6.08 Å². The van der Waals surface area contributed by atoms with Gasteiger partial charge in [0.25, 0.3) is 0 Å². The largest absolute Gasteiger partial charge is 0.303 e. The molecular formula is C8H12O. The summed E-state index contributed by atoms with van der Waals surface area (Å²) in [6.45, 7) is 7.26. The molecule has 0 bridgehead atoms. The van der Waals surface area contributed by atoms with Crippen LogP contribution in [0.1, 0.15) is 19.3 Å². The summed E-state index contributed by atoms with van der Waals surface area (Å²) in [5, 5.41) is 0. The number of allylic oxidation sites excluding steroid dienone is 2. The molecule has 0 aliphatic heterocycles. The first-order valence-corrected chi connectivity index (χ1v) is 3.05. The molecule has 0 radical (unpaired) electrons. The molecule has 0 unspecified atom stereocenters. The summed E-state index contributed by atoms with van der Waals surface area (Å²) in [6.07, 6.45) is 5.07. The fourth-order valence-electron chi connectivity index (χ4n) is 0.515. The first kappa shape index (κ1) is 8.15. The molecule has 0 aromatic heterocycles. The molecule has 0 aromatic carbocycles. The van der Waals surface area contributed by atoms with E-state index in [4.69, 9.17) is 0 Å².